The molecule has 4 rings (SSSR count). The maximum Gasteiger partial charge on any atom is 0.130 e. The zero-order valence-corrected chi connectivity index (χ0v) is 15.5. The summed E-state index contributed by atoms with van der Waals surface area (Å²) in [5.41, 5.74) is 3.56. The smallest absolute Gasteiger partial charge is 0.130 e. The molecule has 3 heteroatoms. The van der Waals surface area contributed by atoms with E-state index in [1.165, 1.54) is 37.7 Å². The van der Waals surface area contributed by atoms with Gasteiger partial charge in [-0.3, -0.25) is 0 Å². The minimum Gasteiger partial charge on any atom is -0.381 e. The maximum absolute atomic E-state index is 14.7. The summed E-state index contributed by atoms with van der Waals surface area (Å²) >= 11 is 0. The summed E-state index contributed by atoms with van der Waals surface area (Å²) in [5, 5.41) is 0. The molecule has 2 unspecified atom stereocenters. The molecule has 0 spiro atoms. The lowest BCUT2D eigenvalue weighted by Gasteiger charge is -2.27. The third kappa shape index (κ3) is 3.75. The van der Waals surface area contributed by atoms with Crippen LogP contribution in [0.2, 0.25) is 0 Å². The van der Waals surface area contributed by atoms with Crippen molar-refractivity contribution in [2.75, 3.05) is 14.1 Å². The second kappa shape index (κ2) is 6.74. The van der Waals surface area contributed by atoms with Crippen LogP contribution >= 0.6 is 0 Å². The van der Waals surface area contributed by atoms with Crippen LogP contribution in [0.3, 0.4) is 0 Å². The summed E-state index contributed by atoms with van der Waals surface area (Å²) < 4.78 is 29.4. The van der Waals surface area contributed by atoms with Gasteiger partial charge in [0.1, 0.15) is 11.6 Å². The van der Waals surface area contributed by atoms with E-state index >= 15 is 0 Å². The molecule has 1 aromatic rings. The Labute approximate surface area is 150 Å². The molecule has 0 heterocycles. The summed E-state index contributed by atoms with van der Waals surface area (Å²) in [4.78, 5) is 2.02. The number of nitrogens with zero attached hydrogens (tertiary/aromatic N) is 1. The van der Waals surface area contributed by atoms with Crippen LogP contribution < -0.4 is 0 Å². The normalized spacial score (nSPS) is 24.9. The Balaban J connectivity index is 1.47. The van der Waals surface area contributed by atoms with Gasteiger partial charge in [-0.25, -0.2) is 8.78 Å². The second-order valence-corrected chi connectivity index (χ2v) is 8.56. The first kappa shape index (κ1) is 17.1. The highest BCUT2D eigenvalue weighted by atomic mass is 19.1. The maximum atomic E-state index is 14.7. The topological polar surface area (TPSA) is 3.24 Å². The van der Waals surface area contributed by atoms with Crippen LogP contribution in [0.1, 0.15) is 68.4 Å². The van der Waals surface area contributed by atoms with Crippen LogP contribution in [0.5, 0.6) is 0 Å². The van der Waals surface area contributed by atoms with Crippen molar-refractivity contribution in [1.29, 1.82) is 0 Å². The van der Waals surface area contributed by atoms with E-state index in [9.17, 15) is 8.78 Å². The minimum absolute atomic E-state index is 0.238. The van der Waals surface area contributed by atoms with Gasteiger partial charge < -0.3 is 4.90 Å². The largest absolute Gasteiger partial charge is 0.381 e. The summed E-state index contributed by atoms with van der Waals surface area (Å²) in [6, 6.07) is 3.22. The van der Waals surface area contributed by atoms with Crippen LogP contribution in [-0.4, -0.2) is 19.0 Å². The van der Waals surface area contributed by atoms with Gasteiger partial charge in [-0.05, 0) is 67.6 Å². The molecule has 136 valence electrons. The monoisotopic (exact) mass is 345 g/mol. The molecule has 0 radical (unpaired) electrons. The number of rotatable bonds is 7. The van der Waals surface area contributed by atoms with E-state index in [0.717, 1.165) is 36.4 Å². The Bertz CT molecular complexity index is 658. The Morgan fingerprint density at radius 1 is 1.08 bits per heavy atom. The zero-order chi connectivity index (χ0) is 17.6. The lowest BCUT2D eigenvalue weighted by Crippen LogP contribution is -2.19. The van der Waals surface area contributed by atoms with Crippen LogP contribution in [0.25, 0.3) is 0 Å². The van der Waals surface area contributed by atoms with Gasteiger partial charge in [0.05, 0.1) is 0 Å². The molecule has 25 heavy (non-hydrogen) atoms. The number of likely N-dealkylation sites (N-methyl/N-ethyl adjacent to an activating group) is 1. The lowest BCUT2D eigenvalue weighted by molar-refractivity contribution is 0.456. The second-order valence-electron chi connectivity index (χ2n) is 8.56. The average Bonchev–Trinajstić information content (AvgIpc) is 3.39. The molecule has 0 bridgehead atoms. The highest BCUT2D eigenvalue weighted by Crippen LogP contribution is 2.52. The molecule has 3 saturated carbocycles. The van der Waals surface area contributed by atoms with Crippen molar-refractivity contribution >= 4 is 0 Å². The van der Waals surface area contributed by atoms with Gasteiger partial charge in [-0.1, -0.05) is 24.8 Å². The minimum atomic E-state index is -0.359. The molecule has 2 atom stereocenters. The van der Waals surface area contributed by atoms with Crippen molar-refractivity contribution in [2.24, 2.45) is 11.8 Å². The molecule has 1 aromatic carbocycles. The average molecular weight is 345 g/mol. The Morgan fingerprint density at radius 3 is 2.28 bits per heavy atom. The standard InChI is InChI=1S/C22H29F2N/c1-25(2)22(15-4-3-5-15)13-19-20(23)11-17(12-21(19)24)18-10-16(18)9-8-14-6-7-14/h11-12,14,16,18H,3-10,13H2,1-2H3. The van der Waals surface area contributed by atoms with Gasteiger partial charge in [0.2, 0.25) is 0 Å². The van der Waals surface area contributed by atoms with Crippen molar-refractivity contribution < 1.29 is 8.78 Å². The molecular weight excluding hydrogens is 316 g/mol. The highest BCUT2D eigenvalue weighted by Gasteiger charge is 2.39. The van der Waals surface area contributed by atoms with E-state index in [1.54, 1.807) is 12.1 Å². The molecule has 0 N–H and O–H groups in total. The number of halogens is 2. The summed E-state index contributed by atoms with van der Waals surface area (Å²) in [6.45, 7) is 0. The Kier molecular flexibility index (Phi) is 4.59. The van der Waals surface area contributed by atoms with Crippen LogP contribution in [0.4, 0.5) is 8.78 Å². The van der Waals surface area contributed by atoms with Crippen LogP contribution in [0.15, 0.2) is 23.4 Å². The van der Waals surface area contributed by atoms with Gasteiger partial charge in [0.25, 0.3) is 0 Å². The molecule has 3 fully saturated rings. The van der Waals surface area contributed by atoms with Gasteiger partial charge in [0.15, 0.2) is 0 Å². The predicted molar refractivity (Wildman–Crippen MR) is 97.4 cm³/mol. The van der Waals surface area contributed by atoms with E-state index in [2.05, 4.69) is 0 Å². The first-order valence-electron chi connectivity index (χ1n) is 9.89. The third-order valence-electron chi connectivity index (χ3n) is 6.41. The molecular formula is C22H29F2N. The summed E-state index contributed by atoms with van der Waals surface area (Å²) in [6.07, 6.45) is 10.1. The number of allylic oxidation sites excluding steroid dienone is 2. The van der Waals surface area contributed by atoms with E-state index < -0.39 is 0 Å². The zero-order valence-electron chi connectivity index (χ0n) is 15.5. The van der Waals surface area contributed by atoms with E-state index in [0.29, 0.717) is 18.3 Å². The lowest BCUT2D eigenvalue weighted by atomic mass is 9.88. The van der Waals surface area contributed by atoms with Crippen LogP contribution in [-0.2, 0) is 6.42 Å². The van der Waals surface area contributed by atoms with E-state index in [-0.39, 0.29) is 17.2 Å². The molecule has 0 aromatic heterocycles. The van der Waals surface area contributed by atoms with Crippen molar-refractivity contribution in [2.45, 2.75) is 63.7 Å². The summed E-state index contributed by atoms with van der Waals surface area (Å²) in [5.74, 6) is 1.26. The molecule has 3 aliphatic rings. The fourth-order valence-corrected chi connectivity index (χ4v) is 4.25. The molecule has 0 aliphatic heterocycles. The predicted octanol–water partition coefficient (Wildman–Crippen LogP) is 5.80. The SMILES string of the molecule is CN(C)C(Cc1c(F)cc(C2CC2CCC2CC2)cc1F)=C1CCC1. The third-order valence-corrected chi connectivity index (χ3v) is 6.41. The van der Waals surface area contributed by atoms with Gasteiger partial charge in [-0.15, -0.1) is 0 Å². The van der Waals surface area contributed by atoms with Gasteiger partial charge >= 0.3 is 0 Å². The quantitative estimate of drug-likeness (QED) is 0.603. The number of hydrogen-bond donors (Lipinski definition) is 0. The van der Waals surface area contributed by atoms with Crippen molar-refractivity contribution in [3.63, 3.8) is 0 Å². The molecule has 1 nitrogen and oxygen atoms in total. The molecule has 0 amide bonds. The number of hydrogen-bond acceptors (Lipinski definition) is 1. The first-order valence-corrected chi connectivity index (χ1v) is 9.89. The van der Waals surface area contributed by atoms with Gasteiger partial charge in [-0.2, -0.15) is 0 Å². The van der Waals surface area contributed by atoms with Crippen molar-refractivity contribution in [3.8, 4) is 0 Å². The van der Waals surface area contributed by atoms with Gasteiger partial charge in [0, 0.05) is 31.8 Å². The summed E-state index contributed by atoms with van der Waals surface area (Å²) in [7, 11) is 3.94. The van der Waals surface area contributed by atoms with Crippen molar-refractivity contribution in [3.05, 3.63) is 46.2 Å². The Hall–Kier alpha value is -1.38. The van der Waals surface area contributed by atoms with E-state index in [1.807, 2.05) is 19.0 Å². The number of benzene rings is 1. The van der Waals surface area contributed by atoms with E-state index in [4.69, 9.17) is 0 Å². The fourth-order valence-electron chi connectivity index (χ4n) is 4.25. The highest BCUT2D eigenvalue weighted by molar-refractivity contribution is 5.35. The molecule has 3 aliphatic carbocycles. The fraction of sp³-hybridized carbons (Fsp3) is 0.636. The van der Waals surface area contributed by atoms with Crippen LogP contribution in [0, 0.1) is 23.5 Å². The first-order chi connectivity index (χ1) is 12.0. The van der Waals surface area contributed by atoms with Crippen molar-refractivity contribution in [1.82, 2.24) is 4.90 Å². The Morgan fingerprint density at radius 2 is 1.76 bits per heavy atom. The molecule has 0 saturated heterocycles.